The first-order valence-electron chi connectivity index (χ1n) is 5.65. The van der Waals surface area contributed by atoms with Crippen molar-refractivity contribution in [2.75, 3.05) is 7.11 Å². The third-order valence-electron chi connectivity index (χ3n) is 2.51. The van der Waals surface area contributed by atoms with Crippen LogP contribution in [0.25, 0.3) is 0 Å². The number of methoxy groups -OCH3 is 1. The zero-order valence-corrected chi connectivity index (χ0v) is 11.2. The van der Waals surface area contributed by atoms with Gasteiger partial charge in [-0.1, -0.05) is 29.8 Å². The Morgan fingerprint density at radius 3 is 2.67 bits per heavy atom. The van der Waals surface area contributed by atoms with Crippen LogP contribution in [0.1, 0.15) is 18.9 Å². The quantitative estimate of drug-likeness (QED) is 0.832. The summed E-state index contributed by atoms with van der Waals surface area (Å²) in [6.07, 6.45) is 0.824. The minimum absolute atomic E-state index is 0.201. The molecule has 4 nitrogen and oxygen atoms in total. The summed E-state index contributed by atoms with van der Waals surface area (Å²) in [5.74, 6) is -0.658. The highest BCUT2D eigenvalue weighted by Gasteiger charge is 2.15. The molecule has 0 aliphatic rings. The number of hydrogen-bond donors (Lipinski definition) is 1. The predicted molar refractivity (Wildman–Crippen MR) is 69.4 cm³/mol. The normalized spacial score (nSPS) is 11.7. The number of amides is 1. The van der Waals surface area contributed by atoms with E-state index in [-0.39, 0.29) is 12.3 Å². The van der Waals surface area contributed by atoms with Gasteiger partial charge in [0.15, 0.2) is 0 Å². The van der Waals surface area contributed by atoms with Crippen LogP contribution in [-0.4, -0.2) is 25.0 Å². The third kappa shape index (κ3) is 4.37. The van der Waals surface area contributed by atoms with Crippen LogP contribution in [0.3, 0.4) is 0 Å². The maximum absolute atomic E-state index is 11.6. The summed E-state index contributed by atoms with van der Waals surface area (Å²) in [6, 6.07) is 6.74. The standard InChI is InChI=1S/C13H16ClNO3/c1-9(13(17)18-2)15-12(16)8-7-10-5-3-4-6-11(10)14/h3-6,9H,7-8H2,1-2H3,(H,15,16). The van der Waals surface area contributed by atoms with Crippen molar-refractivity contribution in [3.63, 3.8) is 0 Å². The molecule has 0 aliphatic carbocycles. The molecule has 1 aromatic carbocycles. The lowest BCUT2D eigenvalue weighted by atomic mass is 10.1. The SMILES string of the molecule is COC(=O)C(C)NC(=O)CCc1ccccc1Cl. The molecule has 18 heavy (non-hydrogen) atoms. The fourth-order valence-corrected chi connectivity index (χ4v) is 1.73. The van der Waals surface area contributed by atoms with Crippen molar-refractivity contribution in [3.8, 4) is 0 Å². The van der Waals surface area contributed by atoms with E-state index in [2.05, 4.69) is 10.1 Å². The lowest BCUT2D eigenvalue weighted by Gasteiger charge is -2.11. The van der Waals surface area contributed by atoms with E-state index in [0.29, 0.717) is 11.4 Å². The Balaban J connectivity index is 2.43. The van der Waals surface area contributed by atoms with Gasteiger partial charge in [0.25, 0.3) is 0 Å². The zero-order valence-electron chi connectivity index (χ0n) is 10.4. The van der Waals surface area contributed by atoms with E-state index in [1.165, 1.54) is 7.11 Å². The van der Waals surface area contributed by atoms with Gasteiger partial charge in [-0.15, -0.1) is 0 Å². The summed E-state index contributed by atoms with van der Waals surface area (Å²) < 4.78 is 4.52. The number of carbonyl (C=O) groups is 2. The Labute approximate surface area is 111 Å². The number of hydrogen-bond acceptors (Lipinski definition) is 3. The molecule has 1 amide bonds. The second-order valence-electron chi connectivity index (χ2n) is 3.90. The van der Waals surface area contributed by atoms with Crippen LogP contribution in [0.15, 0.2) is 24.3 Å². The van der Waals surface area contributed by atoms with E-state index in [1.807, 2.05) is 18.2 Å². The first-order valence-corrected chi connectivity index (χ1v) is 6.03. The Hall–Kier alpha value is -1.55. The molecule has 0 heterocycles. The van der Waals surface area contributed by atoms with E-state index >= 15 is 0 Å². The van der Waals surface area contributed by atoms with E-state index in [0.717, 1.165) is 5.56 Å². The van der Waals surface area contributed by atoms with Gasteiger partial charge in [-0.2, -0.15) is 0 Å². The maximum Gasteiger partial charge on any atom is 0.328 e. The van der Waals surface area contributed by atoms with Gasteiger partial charge in [-0.25, -0.2) is 4.79 Å². The highest BCUT2D eigenvalue weighted by molar-refractivity contribution is 6.31. The van der Waals surface area contributed by atoms with Crippen molar-refractivity contribution in [1.29, 1.82) is 0 Å². The molecule has 1 unspecified atom stereocenters. The van der Waals surface area contributed by atoms with Gasteiger partial charge in [0.05, 0.1) is 7.11 Å². The van der Waals surface area contributed by atoms with Crippen LogP contribution in [0.2, 0.25) is 5.02 Å². The first kappa shape index (κ1) is 14.5. The molecule has 1 rings (SSSR count). The van der Waals surface area contributed by atoms with Gasteiger partial charge in [0.1, 0.15) is 6.04 Å². The van der Waals surface area contributed by atoms with E-state index in [1.54, 1.807) is 13.0 Å². The molecule has 0 bridgehead atoms. The van der Waals surface area contributed by atoms with Gasteiger partial charge in [-0.05, 0) is 25.0 Å². The number of rotatable bonds is 5. The molecule has 0 saturated heterocycles. The number of ether oxygens (including phenoxy) is 1. The van der Waals surface area contributed by atoms with E-state index in [9.17, 15) is 9.59 Å². The number of carbonyl (C=O) groups excluding carboxylic acids is 2. The molecule has 1 N–H and O–H groups in total. The van der Waals surface area contributed by atoms with Crippen LogP contribution in [0, 0.1) is 0 Å². The Morgan fingerprint density at radius 2 is 2.06 bits per heavy atom. The van der Waals surface area contributed by atoms with Crippen molar-refractivity contribution in [3.05, 3.63) is 34.9 Å². The minimum atomic E-state index is -0.631. The number of benzene rings is 1. The van der Waals surface area contributed by atoms with Crippen molar-refractivity contribution in [2.24, 2.45) is 0 Å². The van der Waals surface area contributed by atoms with Crippen LogP contribution >= 0.6 is 11.6 Å². The zero-order chi connectivity index (χ0) is 13.5. The molecule has 1 aromatic rings. The number of nitrogens with one attached hydrogen (secondary N) is 1. The summed E-state index contributed by atoms with van der Waals surface area (Å²) >= 11 is 5.98. The summed E-state index contributed by atoms with van der Waals surface area (Å²) in [4.78, 5) is 22.7. The average molecular weight is 270 g/mol. The number of halogens is 1. The fourth-order valence-electron chi connectivity index (χ4n) is 1.50. The van der Waals surface area contributed by atoms with Gasteiger partial charge in [0, 0.05) is 11.4 Å². The summed E-state index contributed by atoms with van der Waals surface area (Å²) in [6.45, 7) is 1.58. The number of aryl methyl sites for hydroxylation is 1. The molecule has 0 saturated carbocycles. The molecule has 0 aromatic heterocycles. The lowest BCUT2D eigenvalue weighted by molar-refractivity contribution is -0.144. The average Bonchev–Trinajstić information content (AvgIpc) is 2.36. The number of esters is 1. The van der Waals surface area contributed by atoms with Gasteiger partial charge < -0.3 is 10.1 Å². The Bertz CT molecular complexity index is 434. The third-order valence-corrected chi connectivity index (χ3v) is 2.88. The van der Waals surface area contributed by atoms with Gasteiger partial charge in [-0.3, -0.25) is 4.79 Å². The molecule has 5 heteroatoms. The second kappa shape index (κ2) is 7.01. The molecule has 1 atom stereocenters. The summed E-state index contributed by atoms with van der Waals surface area (Å²) in [5, 5.41) is 3.21. The van der Waals surface area contributed by atoms with Crippen LogP contribution in [0.4, 0.5) is 0 Å². The first-order chi connectivity index (χ1) is 8.54. The predicted octanol–water partition coefficient (Wildman–Crippen LogP) is 1.95. The van der Waals surface area contributed by atoms with Crippen LogP contribution in [-0.2, 0) is 20.7 Å². The van der Waals surface area contributed by atoms with Crippen molar-refractivity contribution < 1.29 is 14.3 Å². The molecular formula is C13H16ClNO3. The highest BCUT2D eigenvalue weighted by atomic mass is 35.5. The summed E-state index contributed by atoms with van der Waals surface area (Å²) in [7, 11) is 1.29. The van der Waals surface area contributed by atoms with Gasteiger partial charge in [0.2, 0.25) is 5.91 Å². The van der Waals surface area contributed by atoms with Crippen LogP contribution < -0.4 is 5.32 Å². The Kier molecular flexibility index (Phi) is 5.65. The minimum Gasteiger partial charge on any atom is -0.467 e. The van der Waals surface area contributed by atoms with Crippen LogP contribution in [0.5, 0.6) is 0 Å². The van der Waals surface area contributed by atoms with Gasteiger partial charge >= 0.3 is 5.97 Å². The van der Waals surface area contributed by atoms with Crippen molar-refractivity contribution in [2.45, 2.75) is 25.8 Å². The molecule has 0 radical (unpaired) electrons. The van der Waals surface area contributed by atoms with E-state index < -0.39 is 12.0 Å². The van der Waals surface area contributed by atoms with E-state index in [4.69, 9.17) is 11.6 Å². The molecule has 98 valence electrons. The summed E-state index contributed by atoms with van der Waals surface area (Å²) in [5.41, 5.74) is 0.917. The molecular weight excluding hydrogens is 254 g/mol. The monoisotopic (exact) mass is 269 g/mol. The smallest absolute Gasteiger partial charge is 0.328 e. The fraction of sp³-hybridized carbons (Fsp3) is 0.385. The topological polar surface area (TPSA) is 55.4 Å². The highest BCUT2D eigenvalue weighted by Crippen LogP contribution is 2.16. The van der Waals surface area contributed by atoms with Crippen molar-refractivity contribution in [1.82, 2.24) is 5.32 Å². The molecule has 0 fully saturated rings. The molecule has 0 aliphatic heterocycles. The largest absolute Gasteiger partial charge is 0.467 e. The maximum atomic E-state index is 11.6. The molecule has 0 spiro atoms. The Morgan fingerprint density at radius 1 is 1.39 bits per heavy atom. The second-order valence-corrected chi connectivity index (χ2v) is 4.31. The lowest BCUT2D eigenvalue weighted by Crippen LogP contribution is -2.39. The van der Waals surface area contributed by atoms with Crippen molar-refractivity contribution >= 4 is 23.5 Å².